The number of fused-ring (bicyclic) bond motifs is 1. The van der Waals surface area contributed by atoms with E-state index in [1.165, 1.54) is 11.1 Å². The number of amides is 1. The monoisotopic (exact) mass is 276 g/mol. The highest BCUT2D eigenvalue weighted by Crippen LogP contribution is 2.21. The Kier molecular flexibility index (Phi) is 3.70. The van der Waals surface area contributed by atoms with E-state index in [2.05, 4.69) is 23.5 Å². The van der Waals surface area contributed by atoms with Gasteiger partial charge in [-0.1, -0.05) is 36.4 Å². The van der Waals surface area contributed by atoms with Crippen LogP contribution < -0.4 is 5.32 Å². The summed E-state index contributed by atoms with van der Waals surface area (Å²) in [5, 5.41) is 11.9. The van der Waals surface area contributed by atoms with Crippen LogP contribution in [-0.2, 0) is 24.1 Å². The number of rotatable bonds is 3. The summed E-state index contributed by atoms with van der Waals surface area (Å²) in [6, 6.07) is 17.8. The van der Waals surface area contributed by atoms with Gasteiger partial charge in [0.1, 0.15) is 0 Å². The number of hydrogen-bond acceptors (Lipinski definition) is 2. The van der Waals surface area contributed by atoms with Gasteiger partial charge in [-0.25, -0.2) is 0 Å². The largest absolute Gasteiger partial charge is 0.352 e. The molecule has 3 nitrogen and oxygen atoms in total. The van der Waals surface area contributed by atoms with E-state index in [0.29, 0.717) is 12.0 Å². The SMILES string of the molecule is N#Cc1ccc(CC(=O)NC2Cc3ccccc3C2)cc1. The van der Waals surface area contributed by atoms with E-state index < -0.39 is 0 Å². The van der Waals surface area contributed by atoms with Crippen molar-refractivity contribution in [3.05, 3.63) is 70.8 Å². The van der Waals surface area contributed by atoms with E-state index >= 15 is 0 Å². The van der Waals surface area contributed by atoms with Crippen molar-refractivity contribution in [1.29, 1.82) is 5.26 Å². The summed E-state index contributed by atoms with van der Waals surface area (Å²) in [6.07, 6.45) is 2.18. The quantitative estimate of drug-likeness (QED) is 0.935. The fourth-order valence-corrected chi connectivity index (χ4v) is 2.82. The number of benzene rings is 2. The van der Waals surface area contributed by atoms with Gasteiger partial charge in [0, 0.05) is 6.04 Å². The lowest BCUT2D eigenvalue weighted by Gasteiger charge is -2.12. The van der Waals surface area contributed by atoms with Gasteiger partial charge in [0.2, 0.25) is 5.91 Å². The predicted molar refractivity (Wildman–Crippen MR) is 80.6 cm³/mol. The van der Waals surface area contributed by atoms with Crippen LogP contribution in [0.2, 0.25) is 0 Å². The zero-order valence-corrected chi connectivity index (χ0v) is 11.7. The molecule has 1 aliphatic rings. The second-order valence-electron chi connectivity index (χ2n) is 5.43. The lowest BCUT2D eigenvalue weighted by molar-refractivity contribution is -0.121. The van der Waals surface area contributed by atoms with Crippen LogP contribution in [0.25, 0.3) is 0 Å². The summed E-state index contributed by atoms with van der Waals surface area (Å²) < 4.78 is 0. The van der Waals surface area contributed by atoms with Crippen LogP contribution >= 0.6 is 0 Å². The average Bonchev–Trinajstić information content (AvgIpc) is 2.90. The van der Waals surface area contributed by atoms with Crippen LogP contribution in [0.4, 0.5) is 0 Å². The van der Waals surface area contributed by atoms with Gasteiger partial charge in [-0.3, -0.25) is 4.79 Å². The number of hydrogen-bond donors (Lipinski definition) is 1. The maximum atomic E-state index is 12.1. The van der Waals surface area contributed by atoms with E-state index in [4.69, 9.17) is 5.26 Å². The molecular weight excluding hydrogens is 260 g/mol. The van der Waals surface area contributed by atoms with Gasteiger partial charge in [0.15, 0.2) is 0 Å². The van der Waals surface area contributed by atoms with Gasteiger partial charge in [0.25, 0.3) is 0 Å². The van der Waals surface area contributed by atoms with Crippen LogP contribution in [-0.4, -0.2) is 11.9 Å². The van der Waals surface area contributed by atoms with Crippen LogP contribution in [0.1, 0.15) is 22.3 Å². The molecule has 3 heteroatoms. The second-order valence-corrected chi connectivity index (χ2v) is 5.43. The molecule has 0 aromatic heterocycles. The zero-order chi connectivity index (χ0) is 14.7. The number of nitrogens with zero attached hydrogens (tertiary/aromatic N) is 1. The highest BCUT2D eigenvalue weighted by Gasteiger charge is 2.22. The Labute approximate surface area is 124 Å². The van der Waals surface area contributed by atoms with Gasteiger partial charge >= 0.3 is 0 Å². The number of carbonyl (C=O) groups is 1. The fraction of sp³-hybridized carbons (Fsp3) is 0.222. The fourth-order valence-electron chi connectivity index (χ4n) is 2.82. The average molecular weight is 276 g/mol. The molecule has 0 unspecified atom stereocenters. The first kappa shape index (κ1) is 13.4. The Morgan fingerprint density at radius 2 is 1.71 bits per heavy atom. The summed E-state index contributed by atoms with van der Waals surface area (Å²) in [5.74, 6) is 0.0394. The minimum Gasteiger partial charge on any atom is -0.352 e. The van der Waals surface area contributed by atoms with E-state index in [1.54, 1.807) is 12.1 Å². The summed E-state index contributed by atoms with van der Waals surface area (Å²) in [4.78, 5) is 12.1. The standard InChI is InChI=1S/C18H16N2O/c19-12-14-7-5-13(6-8-14)9-18(21)20-17-10-15-3-1-2-4-16(15)11-17/h1-8,17H,9-11H2,(H,20,21). The minimum absolute atomic E-state index is 0.0394. The number of carbonyl (C=O) groups excluding carboxylic acids is 1. The molecule has 0 saturated carbocycles. The Balaban J connectivity index is 1.57. The van der Waals surface area contributed by atoms with Gasteiger partial charge in [0.05, 0.1) is 18.1 Å². The van der Waals surface area contributed by atoms with E-state index in [-0.39, 0.29) is 11.9 Å². The van der Waals surface area contributed by atoms with Crippen LogP contribution in [0.5, 0.6) is 0 Å². The first-order valence-corrected chi connectivity index (χ1v) is 7.10. The summed E-state index contributed by atoms with van der Waals surface area (Å²) in [6.45, 7) is 0. The summed E-state index contributed by atoms with van der Waals surface area (Å²) in [5.41, 5.74) is 4.22. The van der Waals surface area contributed by atoms with E-state index in [0.717, 1.165) is 18.4 Å². The van der Waals surface area contributed by atoms with Crippen molar-refractivity contribution in [2.75, 3.05) is 0 Å². The molecule has 0 aliphatic heterocycles. The second kappa shape index (κ2) is 5.80. The first-order chi connectivity index (χ1) is 10.2. The molecule has 0 fully saturated rings. The molecule has 1 N–H and O–H groups in total. The minimum atomic E-state index is 0.0394. The Morgan fingerprint density at radius 3 is 2.29 bits per heavy atom. The molecule has 0 saturated heterocycles. The van der Waals surface area contributed by atoms with Gasteiger partial charge < -0.3 is 5.32 Å². The first-order valence-electron chi connectivity index (χ1n) is 7.10. The Bertz CT molecular complexity index is 673. The third-order valence-corrected chi connectivity index (χ3v) is 3.86. The maximum Gasteiger partial charge on any atom is 0.224 e. The lowest BCUT2D eigenvalue weighted by Crippen LogP contribution is -2.36. The zero-order valence-electron chi connectivity index (χ0n) is 11.7. The molecule has 0 radical (unpaired) electrons. The van der Waals surface area contributed by atoms with Crippen LogP contribution in [0.15, 0.2) is 48.5 Å². The third-order valence-electron chi connectivity index (χ3n) is 3.86. The molecule has 21 heavy (non-hydrogen) atoms. The van der Waals surface area contributed by atoms with Crippen molar-refractivity contribution in [1.82, 2.24) is 5.32 Å². The third kappa shape index (κ3) is 3.11. The highest BCUT2D eigenvalue weighted by atomic mass is 16.1. The molecule has 1 amide bonds. The summed E-state index contributed by atoms with van der Waals surface area (Å²) in [7, 11) is 0. The molecule has 104 valence electrons. The van der Waals surface area contributed by atoms with Crippen molar-refractivity contribution in [2.24, 2.45) is 0 Å². The molecule has 0 bridgehead atoms. The van der Waals surface area contributed by atoms with Crippen LogP contribution in [0.3, 0.4) is 0 Å². The predicted octanol–water partition coefficient (Wildman–Crippen LogP) is 2.38. The topological polar surface area (TPSA) is 52.9 Å². The normalized spacial score (nSPS) is 13.5. The Hall–Kier alpha value is -2.60. The number of nitrogens with one attached hydrogen (secondary N) is 1. The molecule has 2 aromatic rings. The molecule has 0 spiro atoms. The summed E-state index contributed by atoms with van der Waals surface area (Å²) >= 11 is 0. The van der Waals surface area contributed by atoms with E-state index in [9.17, 15) is 4.79 Å². The molecule has 0 heterocycles. The number of nitriles is 1. The molecule has 2 aromatic carbocycles. The highest BCUT2D eigenvalue weighted by molar-refractivity contribution is 5.79. The van der Waals surface area contributed by atoms with Crippen molar-refractivity contribution in [3.8, 4) is 6.07 Å². The molecule has 3 rings (SSSR count). The van der Waals surface area contributed by atoms with Crippen molar-refractivity contribution >= 4 is 5.91 Å². The van der Waals surface area contributed by atoms with Crippen LogP contribution in [0, 0.1) is 11.3 Å². The molecular formula is C18H16N2O. The Morgan fingerprint density at radius 1 is 1.10 bits per heavy atom. The van der Waals surface area contributed by atoms with Crippen molar-refractivity contribution in [3.63, 3.8) is 0 Å². The van der Waals surface area contributed by atoms with Gasteiger partial charge in [-0.05, 0) is 41.7 Å². The lowest BCUT2D eigenvalue weighted by atomic mass is 10.1. The van der Waals surface area contributed by atoms with Gasteiger partial charge in [-0.15, -0.1) is 0 Å². The van der Waals surface area contributed by atoms with Gasteiger partial charge in [-0.2, -0.15) is 5.26 Å². The van der Waals surface area contributed by atoms with Crippen molar-refractivity contribution < 1.29 is 4.79 Å². The van der Waals surface area contributed by atoms with E-state index in [1.807, 2.05) is 24.3 Å². The van der Waals surface area contributed by atoms with Crippen molar-refractivity contribution in [2.45, 2.75) is 25.3 Å². The molecule has 0 atom stereocenters. The maximum absolute atomic E-state index is 12.1. The smallest absolute Gasteiger partial charge is 0.224 e. The molecule has 1 aliphatic carbocycles.